The summed E-state index contributed by atoms with van der Waals surface area (Å²) in [7, 11) is 0. The van der Waals surface area contributed by atoms with Gasteiger partial charge in [-0.2, -0.15) is 0 Å². The Hall–Kier alpha value is -1.35. The lowest BCUT2D eigenvalue weighted by Gasteiger charge is -2.13. The van der Waals surface area contributed by atoms with Gasteiger partial charge >= 0.3 is 0 Å². The summed E-state index contributed by atoms with van der Waals surface area (Å²) in [6, 6.07) is 6.11. The number of carbonyl (C=O) groups is 1. The van der Waals surface area contributed by atoms with Crippen LogP contribution in [0.5, 0.6) is 0 Å². The molecule has 1 aromatic carbocycles. The summed E-state index contributed by atoms with van der Waals surface area (Å²) in [4.78, 5) is 11.8. The summed E-state index contributed by atoms with van der Waals surface area (Å²) < 4.78 is 0. The van der Waals surface area contributed by atoms with Crippen molar-refractivity contribution in [3.8, 4) is 0 Å². The molecule has 1 aliphatic heterocycles. The monoisotopic (exact) mass is 232 g/mol. The summed E-state index contributed by atoms with van der Waals surface area (Å²) in [6.45, 7) is 7.21. The Morgan fingerprint density at radius 1 is 1.41 bits per heavy atom. The first-order chi connectivity index (χ1) is 8.17. The molecule has 1 heterocycles. The van der Waals surface area contributed by atoms with Crippen molar-refractivity contribution in [2.45, 2.75) is 39.2 Å². The Bertz CT molecular complexity index is 428. The van der Waals surface area contributed by atoms with Crippen molar-refractivity contribution < 1.29 is 4.79 Å². The molecule has 1 aromatic rings. The van der Waals surface area contributed by atoms with E-state index < -0.39 is 0 Å². The first-order valence-electron chi connectivity index (χ1n) is 6.35. The fourth-order valence-corrected chi connectivity index (χ4v) is 2.23. The van der Waals surface area contributed by atoms with Crippen LogP contribution in [0, 0.1) is 0 Å². The summed E-state index contributed by atoms with van der Waals surface area (Å²) in [5, 5.41) is 6.14. The zero-order chi connectivity index (χ0) is 12.4. The molecular formula is C14H20N2O. The van der Waals surface area contributed by atoms with Crippen LogP contribution in [0.3, 0.4) is 0 Å². The Morgan fingerprint density at radius 3 is 2.82 bits per heavy atom. The maximum absolute atomic E-state index is 11.8. The van der Waals surface area contributed by atoms with Crippen molar-refractivity contribution in [3.05, 3.63) is 29.3 Å². The van der Waals surface area contributed by atoms with E-state index in [0.29, 0.717) is 5.92 Å². The van der Waals surface area contributed by atoms with Crippen LogP contribution < -0.4 is 10.6 Å². The third kappa shape index (κ3) is 2.20. The number of hydrogen-bond acceptors (Lipinski definition) is 2. The average Bonchev–Trinajstić information content (AvgIpc) is 2.65. The summed E-state index contributed by atoms with van der Waals surface area (Å²) in [5.74, 6) is 0.599. The predicted octanol–water partition coefficient (Wildman–Crippen LogP) is 2.80. The van der Waals surface area contributed by atoms with Crippen molar-refractivity contribution in [1.82, 2.24) is 5.32 Å². The van der Waals surface area contributed by atoms with Crippen molar-refractivity contribution >= 4 is 11.6 Å². The van der Waals surface area contributed by atoms with Crippen LogP contribution in [0.2, 0.25) is 0 Å². The van der Waals surface area contributed by atoms with Gasteiger partial charge in [-0.1, -0.05) is 32.9 Å². The third-order valence-corrected chi connectivity index (χ3v) is 3.50. The van der Waals surface area contributed by atoms with Crippen LogP contribution in [-0.2, 0) is 4.79 Å². The predicted molar refractivity (Wildman–Crippen MR) is 70.2 cm³/mol. The van der Waals surface area contributed by atoms with E-state index in [0.717, 1.165) is 24.2 Å². The van der Waals surface area contributed by atoms with Crippen molar-refractivity contribution in [2.24, 2.45) is 0 Å². The number of hydrogen-bond donors (Lipinski definition) is 2. The Labute approximate surface area is 103 Å². The molecule has 3 nitrogen and oxygen atoms in total. The molecule has 2 atom stereocenters. The van der Waals surface area contributed by atoms with Gasteiger partial charge in [0.25, 0.3) is 0 Å². The number of fused-ring (bicyclic) bond motifs is 1. The third-order valence-electron chi connectivity index (χ3n) is 3.50. The van der Waals surface area contributed by atoms with Gasteiger partial charge in [-0.25, -0.2) is 0 Å². The van der Waals surface area contributed by atoms with Gasteiger partial charge in [0.1, 0.15) is 6.04 Å². The number of rotatable bonds is 4. The minimum absolute atomic E-state index is 0.0585. The fourth-order valence-electron chi connectivity index (χ4n) is 2.23. The zero-order valence-electron chi connectivity index (χ0n) is 10.7. The molecule has 0 aromatic heterocycles. The molecule has 3 heteroatoms. The second-order valence-electron chi connectivity index (χ2n) is 4.64. The van der Waals surface area contributed by atoms with E-state index in [1.807, 2.05) is 13.0 Å². The Kier molecular flexibility index (Phi) is 3.48. The van der Waals surface area contributed by atoms with Gasteiger partial charge in [-0.15, -0.1) is 0 Å². The smallest absolute Gasteiger partial charge is 0.246 e. The molecule has 2 unspecified atom stereocenters. The van der Waals surface area contributed by atoms with E-state index in [4.69, 9.17) is 0 Å². The van der Waals surface area contributed by atoms with Gasteiger partial charge in [0.15, 0.2) is 0 Å². The van der Waals surface area contributed by atoms with Crippen LogP contribution in [0.15, 0.2) is 18.2 Å². The molecule has 0 spiro atoms. The summed E-state index contributed by atoms with van der Waals surface area (Å²) in [5.41, 5.74) is 3.35. The van der Waals surface area contributed by atoms with Crippen LogP contribution in [0.4, 0.5) is 5.69 Å². The van der Waals surface area contributed by atoms with Crippen LogP contribution in [0.1, 0.15) is 50.3 Å². The standard InChI is InChI=1S/C14H20N2O/c1-4-9(3)10-6-7-12-11(8-10)13(15-5-2)14(17)16-12/h6-9,13,15H,4-5H2,1-3H3,(H,16,17). The maximum Gasteiger partial charge on any atom is 0.246 e. The fraction of sp³-hybridized carbons (Fsp3) is 0.500. The van der Waals surface area contributed by atoms with Crippen molar-refractivity contribution in [1.29, 1.82) is 0 Å². The highest BCUT2D eigenvalue weighted by Crippen LogP contribution is 2.33. The zero-order valence-corrected chi connectivity index (χ0v) is 10.7. The molecule has 17 heavy (non-hydrogen) atoms. The SMILES string of the molecule is CCNC1C(=O)Nc2ccc(C(C)CC)cc21. The highest BCUT2D eigenvalue weighted by molar-refractivity contribution is 6.02. The van der Waals surface area contributed by atoms with Crippen LogP contribution in [0.25, 0.3) is 0 Å². The molecule has 0 saturated heterocycles. The Morgan fingerprint density at radius 2 is 2.18 bits per heavy atom. The number of likely N-dealkylation sites (N-methyl/N-ethyl adjacent to an activating group) is 1. The lowest BCUT2D eigenvalue weighted by atomic mass is 9.95. The molecule has 2 rings (SSSR count). The number of amides is 1. The number of benzene rings is 1. The number of carbonyl (C=O) groups excluding carboxylic acids is 1. The minimum atomic E-state index is -0.181. The largest absolute Gasteiger partial charge is 0.324 e. The lowest BCUT2D eigenvalue weighted by Crippen LogP contribution is -2.27. The first-order valence-corrected chi connectivity index (χ1v) is 6.35. The van der Waals surface area contributed by atoms with Crippen molar-refractivity contribution in [3.63, 3.8) is 0 Å². The molecule has 1 amide bonds. The molecule has 0 fully saturated rings. The van der Waals surface area contributed by atoms with E-state index in [1.54, 1.807) is 0 Å². The molecular weight excluding hydrogens is 212 g/mol. The van der Waals surface area contributed by atoms with Crippen LogP contribution >= 0.6 is 0 Å². The number of nitrogens with one attached hydrogen (secondary N) is 2. The molecule has 92 valence electrons. The van der Waals surface area contributed by atoms with Gasteiger partial charge in [0.05, 0.1) is 0 Å². The molecule has 2 N–H and O–H groups in total. The normalized spacial score (nSPS) is 19.9. The van der Waals surface area contributed by atoms with Crippen LogP contribution in [-0.4, -0.2) is 12.5 Å². The van der Waals surface area contributed by atoms with E-state index in [1.165, 1.54) is 5.56 Å². The molecule has 0 aliphatic carbocycles. The quantitative estimate of drug-likeness (QED) is 0.838. The molecule has 0 radical (unpaired) electrons. The molecule has 0 bridgehead atoms. The lowest BCUT2D eigenvalue weighted by molar-refractivity contribution is -0.117. The van der Waals surface area contributed by atoms with Gasteiger partial charge in [0, 0.05) is 11.3 Å². The highest BCUT2D eigenvalue weighted by Gasteiger charge is 2.29. The van der Waals surface area contributed by atoms with Gasteiger partial charge < -0.3 is 10.6 Å². The topological polar surface area (TPSA) is 41.1 Å². The van der Waals surface area contributed by atoms with E-state index in [9.17, 15) is 4.79 Å². The van der Waals surface area contributed by atoms with E-state index >= 15 is 0 Å². The molecule has 0 saturated carbocycles. The second kappa shape index (κ2) is 4.88. The number of anilines is 1. The Balaban J connectivity index is 2.34. The minimum Gasteiger partial charge on any atom is -0.324 e. The van der Waals surface area contributed by atoms with Crippen molar-refractivity contribution in [2.75, 3.05) is 11.9 Å². The average molecular weight is 232 g/mol. The highest BCUT2D eigenvalue weighted by atomic mass is 16.2. The van der Waals surface area contributed by atoms with E-state index in [2.05, 4.69) is 36.6 Å². The second-order valence-corrected chi connectivity index (χ2v) is 4.64. The summed E-state index contributed by atoms with van der Waals surface area (Å²) >= 11 is 0. The summed E-state index contributed by atoms with van der Waals surface area (Å²) in [6.07, 6.45) is 1.12. The van der Waals surface area contributed by atoms with Gasteiger partial charge in [0.2, 0.25) is 5.91 Å². The first kappa shape index (κ1) is 12.1. The van der Waals surface area contributed by atoms with Gasteiger partial charge in [-0.3, -0.25) is 4.79 Å². The maximum atomic E-state index is 11.8. The molecule has 1 aliphatic rings. The van der Waals surface area contributed by atoms with Gasteiger partial charge in [-0.05, 0) is 30.5 Å². The van der Waals surface area contributed by atoms with E-state index in [-0.39, 0.29) is 11.9 Å².